The van der Waals surface area contributed by atoms with Crippen LogP contribution in [0.1, 0.15) is 65.2 Å². The Hall–Kier alpha value is -1.89. The lowest BCUT2D eigenvalue weighted by Gasteiger charge is -2.10. The van der Waals surface area contributed by atoms with Crippen molar-refractivity contribution in [2.45, 2.75) is 65.2 Å². The van der Waals surface area contributed by atoms with Crippen LogP contribution in [-0.4, -0.2) is 47.9 Å². The van der Waals surface area contributed by atoms with Gasteiger partial charge >= 0.3 is 17.9 Å². The molecule has 0 heterocycles. The third kappa shape index (κ3) is 11.3. The van der Waals surface area contributed by atoms with Gasteiger partial charge in [0.1, 0.15) is 0 Å². The fraction of sp³-hybridized carbons (Fsp3) is 0.722. The number of hydrogen-bond donors (Lipinski definition) is 2. The van der Waals surface area contributed by atoms with Crippen molar-refractivity contribution in [2.75, 3.05) is 19.8 Å². The summed E-state index contributed by atoms with van der Waals surface area (Å²) in [6.45, 7) is 4.88. The molecule has 0 unspecified atom stereocenters. The lowest BCUT2D eigenvalue weighted by molar-refractivity contribution is -0.145. The third-order valence-corrected chi connectivity index (χ3v) is 3.60. The molecule has 0 aliphatic heterocycles. The molecule has 0 rings (SSSR count). The Morgan fingerprint density at radius 1 is 0.760 bits per heavy atom. The summed E-state index contributed by atoms with van der Waals surface area (Å²) in [6, 6.07) is 0. The Balaban J connectivity index is 4.68. The number of ether oxygens (including phenoxy) is 2. The molecule has 0 amide bonds. The molecule has 0 aliphatic carbocycles. The molecular weight excluding hydrogens is 328 g/mol. The van der Waals surface area contributed by atoms with Crippen LogP contribution in [0, 0.1) is 0 Å². The molecule has 0 fully saturated rings. The van der Waals surface area contributed by atoms with Crippen LogP contribution in [0.3, 0.4) is 0 Å². The topological polar surface area (TPSA) is 110 Å². The van der Waals surface area contributed by atoms with Gasteiger partial charge < -0.3 is 19.7 Å². The Morgan fingerprint density at radius 3 is 1.96 bits per heavy atom. The Kier molecular flexibility index (Phi) is 13.4. The maximum absolute atomic E-state index is 11.8. The Labute approximate surface area is 149 Å². The molecule has 0 saturated heterocycles. The average Bonchev–Trinajstić information content (AvgIpc) is 2.56. The maximum Gasteiger partial charge on any atom is 0.332 e. The first kappa shape index (κ1) is 23.1. The zero-order valence-electron chi connectivity index (χ0n) is 15.2. The van der Waals surface area contributed by atoms with Crippen molar-refractivity contribution >= 4 is 17.9 Å². The van der Waals surface area contributed by atoms with Crippen LogP contribution in [0.4, 0.5) is 0 Å². The van der Waals surface area contributed by atoms with E-state index in [4.69, 9.17) is 9.47 Å². The molecule has 0 bridgehead atoms. The highest BCUT2D eigenvalue weighted by Crippen LogP contribution is 2.15. The largest absolute Gasteiger partial charge is 0.478 e. The second kappa shape index (κ2) is 14.5. The molecule has 0 radical (unpaired) electrons. The van der Waals surface area contributed by atoms with Crippen molar-refractivity contribution < 1.29 is 34.1 Å². The van der Waals surface area contributed by atoms with E-state index in [-0.39, 0.29) is 25.2 Å². The fourth-order valence-electron chi connectivity index (χ4n) is 2.13. The van der Waals surface area contributed by atoms with Crippen molar-refractivity contribution in [2.24, 2.45) is 0 Å². The first-order valence-electron chi connectivity index (χ1n) is 8.85. The molecule has 7 heteroatoms. The van der Waals surface area contributed by atoms with Gasteiger partial charge in [-0.25, -0.2) is 9.59 Å². The number of hydrogen-bond acceptors (Lipinski definition) is 5. The molecule has 144 valence electrons. The summed E-state index contributed by atoms with van der Waals surface area (Å²) in [5.74, 6) is -3.50. The van der Waals surface area contributed by atoms with E-state index in [9.17, 15) is 24.6 Å². The maximum atomic E-state index is 11.8. The fourth-order valence-corrected chi connectivity index (χ4v) is 2.13. The van der Waals surface area contributed by atoms with E-state index in [1.54, 1.807) is 0 Å². The molecule has 25 heavy (non-hydrogen) atoms. The predicted octanol–water partition coefficient (Wildman–Crippen LogP) is 3.17. The molecule has 2 N–H and O–H groups in total. The summed E-state index contributed by atoms with van der Waals surface area (Å²) in [7, 11) is 0. The van der Waals surface area contributed by atoms with Crippen molar-refractivity contribution in [3.63, 3.8) is 0 Å². The van der Waals surface area contributed by atoms with Crippen LogP contribution in [0.5, 0.6) is 0 Å². The molecule has 0 spiro atoms. The summed E-state index contributed by atoms with van der Waals surface area (Å²) in [5.41, 5.74) is -0.753. The lowest BCUT2D eigenvalue weighted by Crippen LogP contribution is -2.17. The molecule has 0 atom stereocenters. The van der Waals surface area contributed by atoms with Gasteiger partial charge in [-0.15, -0.1) is 0 Å². The predicted molar refractivity (Wildman–Crippen MR) is 92.4 cm³/mol. The zero-order chi connectivity index (χ0) is 19.1. The van der Waals surface area contributed by atoms with Crippen LogP contribution in [0.15, 0.2) is 11.1 Å². The lowest BCUT2D eigenvalue weighted by atomic mass is 10.0. The highest BCUT2D eigenvalue weighted by molar-refractivity contribution is 6.01. The second-order valence-electron chi connectivity index (χ2n) is 5.74. The quantitative estimate of drug-likeness (QED) is 0.263. The normalized spacial score (nSPS) is 11.8. The third-order valence-electron chi connectivity index (χ3n) is 3.60. The number of rotatable bonds is 15. The summed E-state index contributed by atoms with van der Waals surface area (Å²) < 4.78 is 10.3. The van der Waals surface area contributed by atoms with Gasteiger partial charge in [0.2, 0.25) is 0 Å². The number of carbonyl (C=O) groups is 3. The van der Waals surface area contributed by atoms with Crippen molar-refractivity contribution in [3.05, 3.63) is 11.1 Å². The van der Waals surface area contributed by atoms with E-state index in [0.29, 0.717) is 13.0 Å². The van der Waals surface area contributed by atoms with E-state index in [1.807, 2.05) is 6.92 Å². The van der Waals surface area contributed by atoms with Gasteiger partial charge in [0.05, 0.1) is 30.8 Å². The van der Waals surface area contributed by atoms with Crippen LogP contribution >= 0.6 is 0 Å². The Morgan fingerprint density at radius 2 is 1.40 bits per heavy atom. The van der Waals surface area contributed by atoms with E-state index in [1.165, 1.54) is 0 Å². The van der Waals surface area contributed by atoms with E-state index >= 15 is 0 Å². The number of aliphatic carboxylic acids is 2. The van der Waals surface area contributed by atoms with Gasteiger partial charge in [0, 0.05) is 13.0 Å². The van der Waals surface area contributed by atoms with E-state index < -0.39 is 29.9 Å². The van der Waals surface area contributed by atoms with E-state index in [2.05, 4.69) is 6.92 Å². The molecule has 0 aromatic rings. The van der Waals surface area contributed by atoms with Gasteiger partial charge in [0.25, 0.3) is 0 Å². The van der Waals surface area contributed by atoms with Crippen molar-refractivity contribution in [1.29, 1.82) is 0 Å². The highest BCUT2D eigenvalue weighted by Gasteiger charge is 2.23. The number of carboxylic acid groups (broad SMARTS) is 2. The van der Waals surface area contributed by atoms with Gasteiger partial charge in [-0.2, -0.15) is 0 Å². The minimum atomic E-state index is -1.42. The SMILES string of the molecule is CCCCCCOC(=O)C/C(C(=O)O)=C(/CCOCCCC)C(=O)O. The molecule has 0 aliphatic rings. The number of carboxylic acids is 2. The first-order valence-corrected chi connectivity index (χ1v) is 8.85. The molecule has 7 nitrogen and oxygen atoms in total. The van der Waals surface area contributed by atoms with Gasteiger partial charge in [-0.05, 0) is 12.8 Å². The van der Waals surface area contributed by atoms with Crippen LogP contribution < -0.4 is 0 Å². The van der Waals surface area contributed by atoms with Gasteiger partial charge in [-0.3, -0.25) is 4.79 Å². The molecular formula is C18H30O7. The first-order chi connectivity index (χ1) is 11.9. The minimum absolute atomic E-state index is 0.0650. The van der Waals surface area contributed by atoms with Crippen LogP contribution in [0.2, 0.25) is 0 Å². The number of carbonyl (C=O) groups excluding carboxylic acids is 1. The number of esters is 1. The summed E-state index contributed by atoms with van der Waals surface area (Å²) in [4.78, 5) is 34.5. The standard InChI is InChI=1S/C18H30O7/c1-3-5-7-8-11-25-16(19)13-15(18(22)23)14(17(20)21)9-12-24-10-6-4-2/h3-13H2,1-2H3,(H,20,21)(H,22,23)/b15-14+. The smallest absolute Gasteiger partial charge is 0.332 e. The zero-order valence-corrected chi connectivity index (χ0v) is 15.2. The summed E-state index contributed by atoms with van der Waals surface area (Å²) >= 11 is 0. The minimum Gasteiger partial charge on any atom is -0.478 e. The van der Waals surface area contributed by atoms with Gasteiger partial charge in [0.15, 0.2) is 0 Å². The highest BCUT2D eigenvalue weighted by atomic mass is 16.5. The van der Waals surface area contributed by atoms with Crippen LogP contribution in [-0.2, 0) is 23.9 Å². The summed E-state index contributed by atoms with van der Waals surface area (Å²) in [5, 5.41) is 18.5. The second-order valence-corrected chi connectivity index (χ2v) is 5.74. The number of unbranched alkanes of at least 4 members (excludes halogenated alkanes) is 4. The van der Waals surface area contributed by atoms with Crippen molar-refractivity contribution in [3.8, 4) is 0 Å². The Bertz CT molecular complexity index is 454. The monoisotopic (exact) mass is 358 g/mol. The van der Waals surface area contributed by atoms with Crippen LogP contribution in [0.25, 0.3) is 0 Å². The summed E-state index contributed by atoms with van der Waals surface area (Å²) in [6.07, 6.45) is 4.92. The van der Waals surface area contributed by atoms with Gasteiger partial charge in [-0.1, -0.05) is 39.5 Å². The molecule has 0 saturated carbocycles. The average molecular weight is 358 g/mol. The molecule has 0 aromatic carbocycles. The van der Waals surface area contributed by atoms with Crippen molar-refractivity contribution in [1.82, 2.24) is 0 Å². The van der Waals surface area contributed by atoms with E-state index in [0.717, 1.165) is 32.1 Å². The molecule has 0 aromatic heterocycles.